The summed E-state index contributed by atoms with van der Waals surface area (Å²) in [7, 11) is -4.13. The number of aromatic nitrogens is 2. The fourth-order valence-corrected chi connectivity index (χ4v) is 5.03. The highest BCUT2D eigenvalue weighted by molar-refractivity contribution is 7.91. The molecule has 2 aliphatic rings. The Labute approximate surface area is 167 Å². The van der Waals surface area contributed by atoms with E-state index >= 15 is 0 Å². The topological polar surface area (TPSA) is 126 Å². The van der Waals surface area contributed by atoms with Crippen LogP contribution in [0.25, 0.3) is 11.1 Å². The molecule has 2 aliphatic carbocycles. The van der Waals surface area contributed by atoms with Gasteiger partial charge in [0.25, 0.3) is 0 Å². The quantitative estimate of drug-likeness (QED) is 0.604. The van der Waals surface area contributed by atoms with Crippen molar-refractivity contribution in [2.75, 3.05) is 10.0 Å². The van der Waals surface area contributed by atoms with Gasteiger partial charge in [-0.3, -0.25) is 4.72 Å². The van der Waals surface area contributed by atoms with Crippen molar-refractivity contribution in [2.24, 2.45) is 0 Å². The van der Waals surface area contributed by atoms with Crippen LogP contribution in [-0.2, 0) is 35.9 Å². The number of benzene rings is 2. The third-order valence-electron chi connectivity index (χ3n) is 5.44. The van der Waals surface area contributed by atoms with E-state index in [-0.39, 0.29) is 5.69 Å². The maximum absolute atomic E-state index is 12.5. The number of carbonyl (C=O) groups is 1. The molecule has 0 saturated heterocycles. The Morgan fingerprint density at radius 1 is 1.00 bits per heavy atom. The van der Waals surface area contributed by atoms with Crippen molar-refractivity contribution >= 4 is 38.7 Å². The highest BCUT2D eigenvalue weighted by atomic mass is 32.2. The van der Waals surface area contributed by atoms with Crippen LogP contribution in [0, 0.1) is 0 Å². The molecule has 0 saturated carbocycles. The summed E-state index contributed by atoms with van der Waals surface area (Å²) >= 11 is 0. The lowest BCUT2D eigenvalue weighted by Crippen LogP contribution is -2.38. The predicted molar refractivity (Wildman–Crippen MR) is 107 cm³/mol. The van der Waals surface area contributed by atoms with Gasteiger partial charge in [-0.25, -0.2) is 9.52 Å². The van der Waals surface area contributed by atoms with E-state index in [1.165, 1.54) is 23.3 Å². The van der Waals surface area contributed by atoms with Crippen LogP contribution >= 0.6 is 0 Å². The molecule has 10 heteroatoms. The summed E-state index contributed by atoms with van der Waals surface area (Å²) in [5.41, 5.74) is 6.65. The molecule has 1 aromatic heterocycles. The lowest BCUT2D eigenvalue weighted by atomic mass is 9.99. The molecule has 0 bridgehead atoms. The van der Waals surface area contributed by atoms with Crippen LogP contribution in [0.5, 0.6) is 0 Å². The smallest absolute Gasteiger partial charge is 0.334 e. The van der Waals surface area contributed by atoms with Gasteiger partial charge in [0.05, 0.1) is 5.69 Å². The van der Waals surface area contributed by atoms with Gasteiger partial charge in [-0.15, -0.1) is 5.10 Å². The molecule has 2 amide bonds. The molecule has 29 heavy (non-hydrogen) atoms. The number of hydrogen-bond acceptors (Lipinski definition) is 6. The fourth-order valence-electron chi connectivity index (χ4n) is 4.25. The zero-order valence-corrected chi connectivity index (χ0v) is 16.3. The van der Waals surface area contributed by atoms with Gasteiger partial charge in [-0.05, 0) is 72.9 Å². The SMILES string of the molecule is O=C(Nc1c2c(cc3c1CCC3)CCC2)NS(=O)(=O)Nc1ccc2nnoc2c1. The Bertz CT molecular complexity index is 1200. The number of urea groups is 1. The molecule has 0 unspecified atom stereocenters. The molecular formula is C19H19N5O4S. The summed E-state index contributed by atoms with van der Waals surface area (Å²) in [4.78, 5) is 12.5. The standard InChI is InChI=1S/C19H19N5O4S/c25-19(20-18-14-5-1-3-11(14)9-12-4-2-6-15(12)18)23-29(26,27)22-13-7-8-16-17(10-13)28-24-21-16/h7-10,22H,1-6H2,(H2,20,23,25). The van der Waals surface area contributed by atoms with Crippen molar-refractivity contribution in [3.8, 4) is 0 Å². The van der Waals surface area contributed by atoms with Crippen LogP contribution in [0.4, 0.5) is 16.2 Å². The summed E-state index contributed by atoms with van der Waals surface area (Å²) < 4.78 is 34.1. The van der Waals surface area contributed by atoms with Gasteiger partial charge in [-0.2, -0.15) is 8.42 Å². The molecule has 5 rings (SSSR count). The lowest BCUT2D eigenvalue weighted by molar-refractivity contribution is 0.256. The second kappa shape index (κ2) is 6.73. The number of aryl methyl sites for hydroxylation is 2. The maximum atomic E-state index is 12.5. The largest absolute Gasteiger partial charge is 0.337 e. The zero-order chi connectivity index (χ0) is 20.0. The van der Waals surface area contributed by atoms with Crippen LogP contribution < -0.4 is 14.8 Å². The third kappa shape index (κ3) is 3.39. The summed E-state index contributed by atoms with van der Waals surface area (Å²) in [5.74, 6) is 0. The number of carbonyl (C=O) groups excluding carboxylic acids is 1. The number of nitrogens with one attached hydrogen (secondary N) is 3. The Morgan fingerprint density at radius 3 is 2.45 bits per heavy atom. The van der Waals surface area contributed by atoms with E-state index in [4.69, 9.17) is 4.52 Å². The van der Waals surface area contributed by atoms with Crippen molar-refractivity contribution in [3.05, 3.63) is 46.5 Å². The molecular weight excluding hydrogens is 394 g/mol. The van der Waals surface area contributed by atoms with Gasteiger partial charge in [0.1, 0.15) is 5.52 Å². The number of hydrogen-bond donors (Lipinski definition) is 3. The molecule has 2 aromatic carbocycles. The molecule has 0 aliphatic heterocycles. The summed E-state index contributed by atoms with van der Waals surface area (Å²) in [6, 6.07) is 6.00. The second-order valence-corrected chi connectivity index (χ2v) is 8.77. The first kappa shape index (κ1) is 17.9. The van der Waals surface area contributed by atoms with Crippen molar-refractivity contribution in [2.45, 2.75) is 38.5 Å². The second-order valence-electron chi connectivity index (χ2n) is 7.35. The van der Waals surface area contributed by atoms with Crippen LogP contribution in [0.1, 0.15) is 35.1 Å². The van der Waals surface area contributed by atoms with Gasteiger partial charge in [0.15, 0.2) is 5.58 Å². The van der Waals surface area contributed by atoms with Crippen molar-refractivity contribution in [3.63, 3.8) is 0 Å². The Balaban J connectivity index is 1.34. The lowest BCUT2D eigenvalue weighted by Gasteiger charge is -2.17. The minimum absolute atomic E-state index is 0.234. The average Bonchev–Trinajstić information content (AvgIpc) is 3.40. The molecule has 150 valence electrons. The Hall–Kier alpha value is -3.14. The highest BCUT2D eigenvalue weighted by Gasteiger charge is 2.26. The maximum Gasteiger partial charge on any atom is 0.334 e. The molecule has 3 N–H and O–H groups in total. The Kier molecular flexibility index (Phi) is 4.16. The van der Waals surface area contributed by atoms with E-state index in [2.05, 4.69) is 26.5 Å². The molecule has 0 spiro atoms. The third-order valence-corrected chi connectivity index (χ3v) is 6.40. The van der Waals surface area contributed by atoms with E-state index in [0.29, 0.717) is 11.1 Å². The highest BCUT2D eigenvalue weighted by Crippen LogP contribution is 2.38. The van der Waals surface area contributed by atoms with Crippen LogP contribution in [0.2, 0.25) is 0 Å². The first-order valence-corrected chi connectivity index (χ1v) is 11.0. The normalized spacial score (nSPS) is 15.2. The summed E-state index contributed by atoms with van der Waals surface area (Å²) in [5, 5.41) is 9.95. The number of rotatable bonds is 4. The number of nitrogens with zero attached hydrogens (tertiary/aromatic N) is 2. The molecule has 9 nitrogen and oxygen atoms in total. The van der Waals surface area contributed by atoms with Crippen LogP contribution in [0.3, 0.4) is 0 Å². The number of amides is 2. The molecule has 1 heterocycles. The summed E-state index contributed by atoms with van der Waals surface area (Å²) in [6.45, 7) is 0. The summed E-state index contributed by atoms with van der Waals surface area (Å²) in [6.07, 6.45) is 5.89. The van der Waals surface area contributed by atoms with Crippen LogP contribution in [-0.4, -0.2) is 24.8 Å². The van der Waals surface area contributed by atoms with E-state index in [0.717, 1.165) is 55.3 Å². The molecule has 3 aromatic rings. The first-order chi connectivity index (χ1) is 14.0. The molecule has 0 fully saturated rings. The van der Waals surface area contributed by atoms with E-state index in [1.807, 2.05) is 4.72 Å². The zero-order valence-electron chi connectivity index (χ0n) is 15.5. The fraction of sp³-hybridized carbons (Fsp3) is 0.316. The minimum Gasteiger partial charge on any atom is -0.337 e. The monoisotopic (exact) mass is 413 g/mol. The van der Waals surface area contributed by atoms with Gasteiger partial charge < -0.3 is 9.84 Å². The first-order valence-electron chi connectivity index (χ1n) is 9.49. The van der Waals surface area contributed by atoms with Gasteiger partial charge in [-0.1, -0.05) is 6.07 Å². The molecule has 0 atom stereocenters. The number of anilines is 2. The number of fused-ring (bicyclic) bond motifs is 3. The van der Waals surface area contributed by atoms with Gasteiger partial charge in [0, 0.05) is 17.0 Å². The Morgan fingerprint density at radius 2 is 1.72 bits per heavy atom. The van der Waals surface area contributed by atoms with Crippen molar-refractivity contribution in [1.29, 1.82) is 0 Å². The van der Waals surface area contributed by atoms with Crippen molar-refractivity contribution < 1.29 is 17.7 Å². The van der Waals surface area contributed by atoms with Crippen LogP contribution in [0.15, 0.2) is 28.8 Å². The van der Waals surface area contributed by atoms with E-state index < -0.39 is 16.2 Å². The van der Waals surface area contributed by atoms with E-state index in [1.54, 1.807) is 6.07 Å². The molecule has 0 radical (unpaired) electrons. The van der Waals surface area contributed by atoms with Gasteiger partial charge in [0.2, 0.25) is 0 Å². The van der Waals surface area contributed by atoms with Gasteiger partial charge >= 0.3 is 16.2 Å². The minimum atomic E-state index is -4.13. The predicted octanol–water partition coefficient (Wildman–Crippen LogP) is 2.68. The van der Waals surface area contributed by atoms with Crippen molar-refractivity contribution in [1.82, 2.24) is 15.1 Å². The average molecular weight is 413 g/mol. The van der Waals surface area contributed by atoms with E-state index in [9.17, 15) is 13.2 Å².